The minimum absolute atomic E-state index is 0.390. The largest absolute Gasteiger partial charge is 0.480 e. The van der Waals surface area contributed by atoms with Gasteiger partial charge in [0.25, 0.3) is 0 Å². The number of nitrogens with two attached hydrogens (primary N) is 1. The topological polar surface area (TPSA) is 66.6 Å². The molecule has 3 N–H and O–H groups in total. The number of carboxylic acids is 1. The second kappa shape index (κ2) is 4.94. The molecule has 98 valence electrons. The van der Waals surface area contributed by atoms with Crippen LogP contribution in [0.15, 0.2) is 0 Å². The Kier molecular flexibility index (Phi) is 3.73. The number of carbonyl (C=O) groups is 1. The van der Waals surface area contributed by atoms with E-state index in [9.17, 15) is 9.90 Å². The molecular weight excluding hydrogens is 216 g/mol. The first-order chi connectivity index (χ1) is 8.05. The molecule has 0 spiro atoms. The van der Waals surface area contributed by atoms with Crippen LogP contribution in [0.4, 0.5) is 0 Å². The standard InChI is InChI=1S/C13H24N2O2/c1-2-10-5-7-15(9-10)11-4-3-6-13(14,8-11)12(16)17/h10-11H,2-9,14H2,1H3,(H,16,17). The van der Waals surface area contributed by atoms with Crippen molar-refractivity contribution in [2.45, 2.75) is 57.0 Å². The minimum Gasteiger partial charge on any atom is -0.480 e. The van der Waals surface area contributed by atoms with Gasteiger partial charge in [0.2, 0.25) is 0 Å². The van der Waals surface area contributed by atoms with Crippen LogP contribution in [-0.4, -0.2) is 40.6 Å². The van der Waals surface area contributed by atoms with Crippen LogP contribution in [0.3, 0.4) is 0 Å². The summed E-state index contributed by atoms with van der Waals surface area (Å²) < 4.78 is 0. The zero-order valence-corrected chi connectivity index (χ0v) is 10.7. The number of hydrogen-bond acceptors (Lipinski definition) is 3. The summed E-state index contributed by atoms with van der Waals surface area (Å²) in [5.74, 6) is -0.0256. The second-order valence-electron chi connectivity index (χ2n) is 5.77. The summed E-state index contributed by atoms with van der Waals surface area (Å²) in [7, 11) is 0. The van der Waals surface area contributed by atoms with E-state index in [4.69, 9.17) is 5.73 Å². The van der Waals surface area contributed by atoms with Gasteiger partial charge in [-0.1, -0.05) is 13.3 Å². The zero-order chi connectivity index (χ0) is 12.5. The van der Waals surface area contributed by atoms with Crippen LogP contribution in [0.2, 0.25) is 0 Å². The molecule has 0 aromatic rings. The highest BCUT2D eigenvalue weighted by Crippen LogP contribution is 2.33. The Labute approximate surface area is 103 Å². The number of hydrogen-bond donors (Lipinski definition) is 2. The molecule has 1 aliphatic heterocycles. The van der Waals surface area contributed by atoms with Crippen molar-refractivity contribution in [3.05, 3.63) is 0 Å². The van der Waals surface area contributed by atoms with Gasteiger partial charge in [-0.2, -0.15) is 0 Å². The van der Waals surface area contributed by atoms with Crippen LogP contribution in [-0.2, 0) is 4.79 Å². The van der Waals surface area contributed by atoms with E-state index in [1.165, 1.54) is 12.8 Å². The minimum atomic E-state index is -0.979. The predicted molar refractivity (Wildman–Crippen MR) is 66.8 cm³/mol. The van der Waals surface area contributed by atoms with E-state index in [2.05, 4.69) is 11.8 Å². The summed E-state index contributed by atoms with van der Waals surface area (Å²) in [4.78, 5) is 13.7. The SMILES string of the molecule is CCC1CCN(C2CCCC(N)(C(=O)O)C2)C1. The summed E-state index contributed by atoms with van der Waals surface area (Å²) in [6.45, 7) is 4.50. The third-order valence-electron chi connectivity index (χ3n) is 4.60. The molecule has 4 heteroatoms. The lowest BCUT2D eigenvalue weighted by Crippen LogP contribution is -2.55. The van der Waals surface area contributed by atoms with Crippen LogP contribution < -0.4 is 5.73 Å². The van der Waals surface area contributed by atoms with Crippen molar-refractivity contribution in [1.29, 1.82) is 0 Å². The van der Waals surface area contributed by atoms with Crippen molar-refractivity contribution in [2.75, 3.05) is 13.1 Å². The summed E-state index contributed by atoms with van der Waals surface area (Å²) in [6, 6.07) is 0.390. The number of carboxylic acid groups (broad SMARTS) is 1. The molecule has 4 nitrogen and oxygen atoms in total. The third-order valence-corrected chi connectivity index (χ3v) is 4.60. The van der Waals surface area contributed by atoms with Gasteiger partial charge in [-0.3, -0.25) is 4.79 Å². The van der Waals surface area contributed by atoms with E-state index in [1.54, 1.807) is 0 Å². The molecule has 0 radical (unpaired) electrons. The number of nitrogens with zero attached hydrogens (tertiary/aromatic N) is 1. The molecule has 1 saturated carbocycles. The highest BCUT2D eigenvalue weighted by atomic mass is 16.4. The Bertz CT molecular complexity index is 295. The molecule has 0 aromatic carbocycles. The Hall–Kier alpha value is -0.610. The molecule has 0 aromatic heterocycles. The van der Waals surface area contributed by atoms with Gasteiger partial charge in [-0.05, 0) is 44.6 Å². The Morgan fingerprint density at radius 1 is 1.53 bits per heavy atom. The second-order valence-corrected chi connectivity index (χ2v) is 5.77. The summed E-state index contributed by atoms with van der Waals surface area (Å²) in [6.07, 6.45) is 5.81. The third kappa shape index (κ3) is 2.63. The van der Waals surface area contributed by atoms with E-state index in [0.717, 1.165) is 31.8 Å². The van der Waals surface area contributed by atoms with E-state index in [1.807, 2.05) is 0 Å². The van der Waals surface area contributed by atoms with E-state index < -0.39 is 11.5 Å². The van der Waals surface area contributed by atoms with Gasteiger partial charge < -0.3 is 15.7 Å². The number of rotatable bonds is 3. The quantitative estimate of drug-likeness (QED) is 0.783. The van der Waals surface area contributed by atoms with Gasteiger partial charge in [0.1, 0.15) is 5.54 Å². The predicted octanol–water partition coefficient (Wildman–Crippen LogP) is 1.44. The molecule has 1 heterocycles. The average Bonchev–Trinajstić information content (AvgIpc) is 2.77. The van der Waals surface area contributed by atoms with Gasteiger partial charge in [0.15, 0.2) is 0 Å². The molecule has 2 aliphatic rings. The summed E-state index contributed by atoms with van der Waals surface area (Å²) in [5, 5.41) is 9.21. The van der Waals surface area contributed by atoms with Gasteiger partial charge in [0, 0.05) is 12.6 Å². The monoisotopic (exact) mass is 240 g/mol. The molecule has 2 fully saturated rings. The summed E-state index contributed by atoms with van der Waals surface area (Å²) in [5.41, 5.74) is 5.02. The maximum atomic E-state index is 11.2. The van der Waals surface area contributed by atoms with Crippen molar-refractivity contribution in [3.8, 4) is 0 Å². The van der Waals surface area contributed by atoms with Gasteiger partial charge in [-0.15, -0.1) is 0 Å². The normalized spacial score (nSPS) is 39.4. The van der Waals surface area contributed by atoms with Crippen LogP contribution in [0, 0.1) is 5.92 Å². The lowest BCUT2D eigenvalue weighted by atomic mass is 9.79. The van der Waals surface area contributed by atoms with Crippen LogP contribution in [0.5, 0.6) is 0 Å². The average molecular weight is 240 g/mol. The van der Waals surface area contributed by atoms with Crippen molar-refractivity contribution in [3.63, 3.8) is 0 Å². The summed E-state index contributed by atoms with van der Waals surface area (Å²) >= 11 is 0. The first kappa shape index (κ1) is 12.8. The maximum Gasteiger partial charge on any atom is 0.323 e. The van der Waals surface area contributed by atoms with E-state index in [0.29, 0.717) is 18.9 Å². The van der Waals surface area contributed by atoms with Crippen LogP contribution >= 0.6 is 0 Å². The van der Waals surface area contributed by atoms with E-state index >= 15 is 0 Å². The molecular formula is C13H24N2O2. The highest BCUT2D eigenvalue weighted by molar-refractivity contribution is 5.78. The van der Waals surface area contributed by atoms with Crippen molar-refractivity contribution in [2.24, 2.45) is 11.7 Å². The molecule has 17 heavy (non-hydrogen) atoms. The Balaban J connectivity index is 1.96. The lowest BCUT2D eigenvalue weighted by Gasteiger charge is -2.39. The number of likely N-dealkylation sites (tertiary alicyclic amines) is 1. The van der Waals surface area contributed by atoms with Crippen molar-refractivity contribution < 1.29 is 9.90 Å². The smallest absolute Gasteiger partial charge is 0.323 e. The zero-order valence-electron chi connectivity index (χ0n) is 10.7. The molecule has 3 unspecified atom stereocenters. The van der Waals surface area contributed by atoms with Gasteiger partial charge in [-0.25, -0.2) is 0 Å². The molecule has 1 saturated heterocycles. The Morgan fingerprint density at radius 2 is 2.29 bits per heavy atom. The fraction of sp³-hybridized carbons (Fsp3) is 0.923. The molecule has 0 bridgehead atoms. The fourth-order valence-electron chi connectivity index (χ4n) is 3.31. The van der Waals surface area contributed by atoms with E-state index in [-0.39, 0.29) is 0 Å². The van der Waals surface area contributed by atoms with Gasteiger partial charge >= 0.3 is 5.97 Å². The van der Waals surface area contributed by atoms with Crippen molar-refractivity contribution in [1.82, 2.24) is 4.90 Å². The molecule has 2 rings (SSSR count). The van der Waals surface area contributed by atoms with Crippen molar-refractivity contribution >= 4 is 5.97 Å². The first-order valence-corrected chi connectivity index (χ1v) is 6.81. The maximum absolute atomic E-state index is 11.2. The highest BCUT2D eigenvalue weighted by Gasteiger charge is 2.42. The van der Waals surface area contributed by atoms with Gasteiger partial charge in [0.05, 0.1) is 0 Å². The molecule has 3 atom stereocenters. The molecule has 0 amide bonds. The van der Waals surface area contributed by atoms with Crippen LogP contribution in [0.25, 0.3) is 0 Å². The number of aliphatic carboxylic acids is 1. The fourth-order valence-corrected chi connectivity index (χ4v) is 3.31. The Morgan fingerprint density at radius 3 is 2.88 bits per heavy atom. The van der Waals surface area contributed by atoms with Crippen LogP contribution in [0.1, 0.15) is 45.4 Å². The first-order valence-electron chi connectivity index (χ1n) is 6.81. The molecule has 1 aliphatic carbocycles. The lowest BCUT2D eigenvalue weighted by molar-refractivity contribution is -0.145.